The van der Waals surface area contributed by atoms with Gasteiger partial charge in [-0.2, -0.15) is 5.10 Å². The Hall–Kier alpha value is -0.350. The molecule has 0 saturated carbocycles. The lowest BCUT2D eigenvalue weighted by Crippen LogP contribution is -2.21. The first-order chi connectivity index (χ1) is 5.83. The number of aromatic amines is 1. The van der Waals surface area contributed by atoms with Gasteiger partial charge in [0.15, 0.2) is 0 Å². The van der Waals surface area contributed by atoms with Crippen molar-refractivity contribution in [2.75, 3.05) is 7.05 Å². The molecule has 1 aliphatic rings. The quantitative estimate of drug-likeness (QED) is 0.771. The van der Waals surface area contributed by atoms with E-state index in [0.29, 0.717) is 6.04 Å². The predicted octanol–water partition coefficient (Wildman–Crippen LogP) is 1.77. The smallest absolute Gasteiger partial charge is 0.132 e. The van der Waals surface area contributed by atoms with Crippen LogP contribution in [0.2, 0.25) is 0 Å². The van der Waals surface area contributed by atoms with Crippen LogP contribution in [-0.2, 0) is 6.42 Å². The average Bonchev–Trinajstić information content (AvgIpc) is 2.48. The van der Waals surface area contributed by atoms with Crippen LogP contribution in [0.15, 0.2) is 4.60 Å². The first kappa shape index (κ1) is 8.26. The van der Waals surface area contributed by atoms with Gasteiger partial charge >= 0.3 is 0 Å². The van der Waals surface area contributed by atoms with Crippen LogP contribution in [0, 0.1) is 0 Å². The van der Waals surface area contributed by atoms with E-state index in [0.717, 1.165) is 11.0 Å². The molecule has 1 aromatic heterocycles. The van der Waals surface area contributed by atoms with Crippen LogP contribution < -0.4 is 5.32 Å². The van der Waals surface area contributed by atoms with Crippen LogP contribution in [0.4, 0.5) is 0 Å². The summed E-state index contributed by atoms with van der Waals surface area (Å²) in [6.45, 7) is 0. The first-order valence-corrected chi connectivity index (χ1v) is 5.02. The largest absolute Gasteiger partial charge is 0.313 e. The maximum Gasteiger partial charge on any atom is 0.132 e. The summed E-state index contributed by atoms with van der Waals surface area (Å²) in [7, 11) is 2.00. The highest BCUT2D eigenvalue weighted by molar-refractivity contribution is 9.10. The van der Waals surface area contributed by atoms with Crippen LogP contribution in [0.25, 0.3) is 0 Å². The first-order valence-electron chi connectivity index (χ1n) is 4.23. The molecule has 1 atom stereocenters. The fraction of sp³-hybridized carbons (Fsp3) is 0.625. The summed E-state index contributed by atoms with van der Waals surface area (Å²) < 4.78 is 0.969. The van der Waals surface area contributed by atoms with E-state index in [2.05, 4.69) is 31.4 Å². The fourth-order valence-electron chi connectivity index (χ4n) is 1.82. The van der Waals surface area contributed by atoms with E-state index in [9.17, 15) is 0 Å². The summed E-state index contributed by atoms with van der Waals surface area (Å²) in [5.74, 6) is 0. The van der Waals surface area contributed by atoms with Gasteiger partial charge < -0.3 is 5.32 Å². The van der Waals surface area contributed by atoms with Gasteiger partial charge in [-0.25, -0.2) is 0 Å². The number of hydrogen-bond acceptors (Lipinski definition) is 2. The molecule has 0 aromatic carbocycles. The van der Waals surface area contributed by atoms with Crippen molar-refractivity contribution in [2.45, 2.75) is 25.3 Å². The van der Waals surface area contributed by atoms with Crippen molar-refractivity contribution in [1.29, 1.82) is 0 Å². The van der Waals surface area contributed by atoms with E-state index < -0.39 is 0 Å². The molecule has 3 nitrogen and oxygen atoms in total. The minimum absolute atomic E-state index is 0.474. The highest BCUT2D eigenvalue weighted by Gasteiger charge is 2.23. The predicted molar refractivity (Wildman–Crippen MR) is 51.0 cm³/mol. The average molecular weight is 230 g/mol. The molecule has 1 heterocycles. The van der Waals surface area contributed by atoms with Crippen LogP contribution in [-0.4, -0.2) is 17.2 Å². The number of fused-ring (bicyclic) bond motifs is 1. The second kappa shape index (κ2) is 3.18. The Morgan fingerprint density at radius 1 is 1.67 bits per heavy atom. The lowest BCUT2D eigenvalue weighted by molar-refractivity contribution is 0.493. The van der Waals surface area contributed by atoms with E-state index in [1.807, 2.05) is 7.05 Å². The normalized spacial score (nSPS) is 22.3. The molecule has 4 heteroatoms. The van der Waals surface area contributed by atoms with Crippen LogP contribution in [0.1, 0.15) is 30.1 Å². The van der Waals surface area contributed by atoms with Gasteiger partial charge in [0.1, 0.15) is 4.60 Å². The number of halogens is 1. The lowest BCUT2D eigenvalue weighted by Gasteiger charge is -2.21. The van der Waals surface area contributed by atoms with Gasteiger partial charge in [0, 0.05) is 17.3 Å². The standard InChI is InChI=1S/C8H12BrN3/c1-10-5-3-2-4-6-7(5)8(9)12-11-6/h5,10H,2-4H2,1H3,(H,11,12). The number of nitrogens with one attached hydrogen (secondary N) is 2. The third-order valence-corrected chi connectivity index (χ3v) is 3.06. The second-order valence-electron chi connectivity index (χ2n) is 3.14. The molecule has 1 aliphatic carbocycles. The zero-order chi connectivity index (χ0) is 8.55. The highest BCUT2D eigenvalue weighted by atomic mass is 79.9. The molecule has 0 radical (unpaired) electrons. The number of aromatic nitrogens is 2. The van der Waals surface area contributed by atoms with Crippen LogP contribution in [0.3, 0.4) is 0 Å². The lowest BCUT2D eigenvalue weighted by atomic mass is 9.93. The molecule has 0 spiro atoms. The van der Waals surface area contributed by atoms with Gasteiger partial charge in [-0.15, -0.1) is 0 Å². The molecule has 0 bridgehead atoms. The zero-order valence-corrected chi connectivity index (χ0v) is 8.61. The van der Waals surface area contributed by atoms with E-state index >= 15 is 0 Å². The number of hydrogen-bond donors (Lipinski definition) is 2. The summed E-state index contributed by atoms with van der Waals surface area (Å²) in [6.07, 6.45) is 3.58. The van der Waals surface area contributed by atoms with Gasteiger partial charge in [-0.05, 0) is 42.2 Å². The number of H-pyrrole nitrogens is 1. The molecular weight excluding hydrogens is 218 g/mol. The molecule has 1 unspecified atom stereocenters. The Kier molecular flexibility index (Phi) is 2.19. The minimum atomic E-state index is 0.474. The van der Waals surface area contributed by atoms with E-state index in [1.165, 1.54) is 24.1 Å². The highest BCUT2D eigenvalue weighted by Crippen LogP contribution is 2.32. The fourth-order valence-corrected chi connectivity index (χ4v) is 2.43. The van der Waals surface area contributed by atoms with Crippen molar-refractivity contribution in [3.63, 3.8) is 0 Å². The monoisotopic (exact) mass is 229 g/mol. The molecule has 0 fully saturated rings. The number of nitrogens with zero attached hydrogens (tertiary/aromatic N) is 1. The maximum absolute atomic E-state index is 4.15. The van der Waals surface area contributed by atoms with Crippen molar-refractivity contribution in [2.24, 2.45) is 0 Å². The Balaban J connectivity index is 2.41. The van der Waals surface area contributed by atoms with Crippen LogP contribution >= 0.6 is 15.9 Å². The number of rotatable bonds is 1. The molecule has 0 saturated heterocycles. The summed E-state index contributed by atoms with van der Waals surface area (Å²) in [5, 5.41) is 10.5. The second-order valence-corrected chi connectivity index (χ2v) is 3.89. The molecule has 12 heavy (non-hydrogen) atoms. The minimum Gasteiger partial charge on any atom is -0.313 e. The Morgan fingerprint density at radius 2 is 2.50 bits per heavy atom. The van der Waals surface area contributed by atoms with E-state index in [-0.39, 0.29) is 0 Å². The topological polar surface area (TPSA) is 40.7 Å². The Bertz CT molecular complexity index is 282. The summed E-state index contributed by atoms with van der Waals surface area (Å²) in [6, 6.07) is 0.474. The van der Waals surface area contributed by atoms with Crippen molar-refractivity contribution >= 4 is 15.9 Å². The molecule has 66 valence electrons. The molecule has 2 N–H and O–H groups in total. The van der Waals surface area contributed by atoms with Crippen molar-refractivity contribution < 1.29 is 0 Å². The number of aryl methyl sites for hydroxylation is 1. The van der Waals surface area contributed by atoms with Gasteiger partial charge in [-0.1, -0.05) is 0 Å². The summed E-state index contributed by atoms with van der Waals surface area (Å²) in [5.41, 5.74) is 2.61. The Labute approximate surface area is 80.1 Å². The van der Waals surface area contributed by atoms with Gasteiger partial charge in [-0.3, -0.25) is 5.10 Å². The molecule has 0 amide bonds. The van der Waals surface area contributed by atoms with Gasteiger partial charge in [0.2, 0.25) is 0 Å². The third-order valence-electron chi connectivity index (χ3n) is 2.45. The molecule has 2 rings (SSSR count). The Morgan fingerprint density at radius 3 is 3.25 bits per heavy atom. The van der Waals surface area contributed by atoms with Gasteiger partial charge in [0.05, 0.1) is 0 Å². The van der Waals surface area contributed by atoms with E-state index in [1.54, 1.807) is 0 Å². The van der Waals surface area contributed by atoms with Crippen molar-refractivity contribution in [1.82, 2.24) is 15.5 Å². The SMILES string of the molecule is CNC1CCCc2[nH]nc(Br)c21. The zero-order valence-electron chi connectivity index (χ0n) is 7.02. The molecular formula is C8H12BrN3. The van der Waals surface area contributed by atoms with Crippen LogP contribution in [0.5, 0.6) is 0 Å². The summed E-state index contributed by atoms with van der Waals surface area (Å²) >= 11 is 3.45. The van der Waals surface area contributed by atoms with E-state index in [4.69, 9.17) is 0 Å². The van der Waals surface area contributed by atoms with Gasteiger partial charge in [0.25, 0.3) is 0 Å². The third kappa shape index (κ3) is 1.19. The molecule has 0 aliphatic heterocycles. The summed E-state index contributed by atoms with van der Waals surface area (Å²) in [4.78, 5) is 0. The molecule has 1 aromatic rings. The van der Waals surface area contributed by atoms with Crippen molar-refractivity contribution in [3.8, 4) is 0 Å². The maximum atomic E-state index is 4.15. The van der Waals surface area contributed by atoms with Crippen molar-refractivity contribution in [3.05, 3.63) is 15.9 Å².